The minimum absolute atomic E-state index is 0.829. The molecule has 1 heterocycles. The fourth-order valence-corrected chi connectivity index (χ4v) is 3.02. The first-order valence-corrected chi connectivity index (χ1v) is 9.35. The molecule has 0 radical (unpaired) electrons. The summed E-state index contributed by atoms with van der Waals surface area (Å²) < 4.78 is 5.65. The quantitative estimate of drug-likeness (QED) is 0.373. The number of ether oxygens (including phenoxy) is 1. The van der Waals surface area contributed by atoms with Crippen molar-refractivity contribution in [2.24, 2.45) is 10.9 Å². The Morgan fingerprint density at radius 3 is 2.92 bits per heavy atom. The van der Waals surface area contributed by atoms with Crippen molar-refractivity contribution in [2.45, 2.75) is 32.6 Å². The van der Waals surface area contributed by atoms with E-state index in [0.717, 1.165) is 51.0 Å². The lowest BCUT2D eigenvalue weighted by Crippen LogP contribution is -2.39. The van der Waals surface area contributed by atoms with Crippen molar-refractivity contribution in [3.05, 3.63) is 35.5 Å². The summed E-state index contributed by atoms with van der Waals surface area (Å²) in [6, 6.07) is 6.44. The van der Waals surface area contributed by atoms with Crippen molar-refractivity contribution in [2.75, 3.05) is 33.4 Å². The van der Waals surface area contributed by atoms with Crippen LogP contribution >= 0.6 is 0 Å². The number of para-hydroxylation sites is 1. The van der Waals surface area contributed by atoms with Crippen LogP contribution in [0.4, 0.5) is 0 Å². The molecule has 0 unspecified atom stereocenters. The van der Waals surface area contributed by atoms with Gasteiger partial charge in [0.25, 0.3) is 0 Å². The second kappa shape index (κ2) is 8.90. The summed E-state index contributed by atoms with van der Waals surface area (Å²) in [6.45, 7) is 5.66. The number of aromatic nitrogens is 1. The van der Waals surface area contributed by atoms with Crippen LogP contribution < -0.4 is 10.6 Å². The van der Waals surface area contributed by atoms with E-state index in [4.69, 9.17) is 4.74 Å². The maximum Gasteiger partial charge on any atom is 0.190 e. The molecule has 0 atom stereocenters. The number of fused-ring (bicyclic) bond motifs is 1. The summed E-state index contributed by atoms with van der Waals surface area (Å²) in [5.41, 5.74) is 3.87. The molecule has 5 nitrogen and oxygen atoms in total. The minimum atomic E-state index is 0.829. The molecule has 0 bridgehead atoms. The molecule has 1 aromatic carbocycles. The van der Waals surface area contributed by atoms with E-state index in [1.54, 1.807) is 0 Å². The molecule has 3 N–H and O–H groups in total. The van der Waals surface area contributed by atoms with Crippen molar-refractivity contribution in [1.82, 2.24) is 15.6 Å². The fourth-order valence-electron chi connectivity index (χ4n) is 3.02. The third kappa shape index (κ3) is 5.23. The summed E-state index contributed by atoms with van der Waals surface area (Å²) >= 11 is 0. The Labute approximate surface area is 150 Å². The van der Waals surface area contributed by atoms with E-state index in [1.165, 1.54) is 34.9 Å². The van der Waals surface area contributed by atoms with Crippen LogP contribution in [0.3, 0.4) is 0 Å². The SMILES string of the molecule is CN=C(NCCCOCC1CC1)NCCc1c[nH]c2c(C)cccc12. The van der Waals surface area contributed by atoms with Gasteiger partial charge in [-0.05, 0) is 49.7 Å². The number of hydrogen-bond donors (Lipinski definition) is 3. The second-order valence-corrected chi connectivity index (χ2v) is 6.86. The number of H-pyrrole nitrogens is 1. The number of nitrogens with zero attached hydrogens (tertiary/aromatic N) is 1. The zero-order valence-corrected chi connectivity index (χ0v) is 15.4. The number of aryl methyl sites for hydroxylation is 1. The van der Waals surface area contributed by atoms with Crippen molar-refractivity contribution < 1.29 is 4.74 Å². The van der Waals surface area contributed by atoms with Gasteiger partial charge in [0.05, 0.1) is 0 Å². The highest BCUT2D eigenvalue weighted by molar-refractivity contribution is 5.86. The molecule has 2 aromatic rings. The van der Waals surface area contributed by atoms with Crippen molar-refractivity contribution in [1.29, 1.82) is 0 Å². The Morgan fingerprint density at radius 1 is 1.28 bits per heavy atom. The van der Waals surface area contributed by atoms with Gasteiger partial charge in [0.2, 0.25) is 0 Å². The average molecular weight is 342 g/mol. The summed E-state index contributed by atoms with van der Waals surface area (Å²) in [4.78, 5) is 7.67. The zero-order chi connectivity index (χ0) is 17.5. The van der Waals surface area contributed by atoms with E-state index >= 15 is 0 Å². The molecule has 0 spiro atoms. The molecule has 1 aliphatic carbocycles. The van der Waals surface area contributed by atoms with Gasteiger partial charge in [0, 0.05) is 50.5 Å². The Balaban J connectivity index is 1.35. The molecule has 0 amide bonds. The van der Waals surface area contributed by atoms with Gasteiger partial charge < -0.3 is 20.4 Å². The predicted molar refractivity (Wildman–Crippen MR) is 104 cm³/mol. The zero-order valence-electron chi connectivity index (χ0n) is 15.4. The van der Waals surface area contributed by atoms with E-state index < -0.39 is 0 Å². The van der Waals surface area contributed by atoms with Crippen LogP contribution in [0.5, 0.6) is 0 Å². The highest BCUT2D eigenvalue weighted by Gasteiger charge is 2.20. The van der Waals surface area contributed by atoms with Gasteiger partial charge in [-0.15, -0.1) is 0 Å². The van der Waals surface area contributed by atoms with Crippen LogP contribution in [-0.2, 0) is 11.2 Å². The number of aliphatic imine (C=N–C) groups is 1. The largest absolute Gasteiger partial charge is 0.381 e. The summed E-state index contributed by atoms with van der Waals surface area (Å²) in [6.07, 6.45) is 6.80. The Kier molecular flexibility index (Phi) is 6.34. The van der Waals surface area contributed by atoms with Crippen LogP contribution in [-0.4, -0.2) is 44.3 Å². The third-order valence-corrected chi connectivity index (χ3v) is 4.73. The van der Waals surface area contributed by atoms with E-state index in [2.05, 4.69) is 51.9 Å². The number of nitrogens with one attached hydrogen (secondary N) is 3. The molecule has 3 rings (SSSR count). The molecular weight excluding hydrogens is 312 g/mol. The molecule has 136 valence electrons. The highest BCUT2D eigenvalue weighted by Crippen LogP contribution is 2.28. The summed E-state index contributed by atoms with van der Waals surface area (Å²) in [5, 5.41) is 8.06. The van der Waals surface area contributed by atoms with Crippen LogP contribution in [0.25, 0.3) is 10.9 Å². The van der Waals surface area contributed by atoms with Gasteiger partial charge in [-0.2, -0.15) is 0 Å². The number of benzene rings is 1. The lowest BCUT2D eigenvalue weighted by Gasteiger charge is -2.11. The average Bonchev–Trinajstić information content (AvgIpc) is 3.35. The first kappa shape index (κ1) is 17.8. The molecule has 0 aliphatic heterocycles. The molecule has 5 heteroatoms. The van der Waals surface area contributed by atoms with Gasteiger partial charge in [-0.3, -0.25) is 4.99 Å². The summed E-state index contributed by atoms with van der Waals surface area (Å²) in [7, 11) is 1.81. The predicted octanol–water partition coefficient (Wildman–Crippen LogP) is 3.00. The fraction of sp³-hybridized carbons (Fsp3) is 0.550. The molecule has 0 saturated heterocycles. The topological polar surface area (TPSA) is 61.4 Å². The first-order valence-electron chi connectivity index (χ1n) is 9.35. The number of guanidine groups is 1. The molecular formula is C20H30N4O. The molecule has 1 aliphatic rings. The van der Waals surface area contributed by atoms with Crippen LogP contribution in [0.1, 0.15) is 30.4 Å². The summed E-state index contributed by atoms with van der Waals surface area (Å²) in [5.74, 6) is 1.70. The van der Waals surface area contributed by atoms with Crippen LogP contribution in [0.2, 0.25) is 0 Å². The molecule has 1 saturated carbocycles. The van der Waals surface area contributed by atoms with Crippen molar-refractivity contribution in [3.63, 3.8) is 0 Å². The van der Waals surface area contributed by atoms with Gasteiger partial charge in [-0.25, -0.2) is 0 Å². The van der Waals surface area contributed by atoms with Crippen molar-refractivity contribution in [3.8, 4) is 0 Å². The van der Waals surface area contributed by atoms with Gasteiger partial charge in [0.15, 0.2) is 5.96 Å². The van der Waals surface area contributed by atoms with E-state index in [-0.39, 0.29) is 0 Å². The Hall–Kier alpha value is -2.01. The highest BCUT2D eigenvalue weighted by atomic mass is 16.5. The van der Waals surface area contributed by atoms with Crippen molar-refractivity contribution >= 4 is 16.9 Å². The number of hydrogen-bond acceptors (Lipinski definition) is 2. The van der Waals surface area contributed by atoms with E-state index in [9.17, 15) is 0 Å². The molecule has 25 heavy (non-hydrogen) atoms. The Morgan fingerprint density at radius 2 is 2.12 bits per heavy atom. The smallest absolute Gasteiger partial charge is 0.190 e. The number of aromatic amines is 1. The van der Waals surface area contributed by atoms with Gasteiger partial charge >= 0.3 is 0 Å². The number of rotatable bonds is 9. The van der Waals surface area contributed by atoms with Gasteiger partial charge in [-0.1, -0.05) is 18.2 Å². The monoisotopic (exact) mass is 342 g/mol. The van der Waals surface area contributed by atoms with E-state index in [0.29, 0.717) is 0 Å². The van der Waals surface area contributed by atoms with E-state index in [1.807, 2.05) is 7.05 Å². The van der Waals surface area contributed by atoms with Crippen LogP contribution in [0, 0.1) is 12.8 Å². The maximum atomic E-state index is 5.65. The first-order chi connectivity index (χ1) is 12.3. The lowest BCUT2D eigenvalue weighted by molar-refractivity contribution is 0.123. The minimum Gasteiger partial charge on any atom is -0.381 e. The Bertz CT molecular complexity index is 703. The molecule has 1 aromatic heterocycles. The normalized spacial score (nSPS) is 14.9. The second-order valence-electron chi connectivity index (χ2n) is 6.86. The lowest BCUT2D eigenvalue weighted by atomic mass is 10.1. The molecule has 1 fully saturated rings. The third-order valence-electron chi connectivity index (χ3n) is 4.73. The standard InChI is InChI=1S/C20H30N4O/c1-15-5-3-6-18-17(13-24-19(15)18)9-11-23-20(21-2)22-10-4-12-25-14-16-7-8-16/h3,5-6,13,16,24H,4,7-12,14H2,1-2H3,(H2,21,22,23). The van der Waals surface area contributed by atoms with Gasteiger partial charge in [0.1, 0.15) is 0 Å². The maximum absolute atomic E-state index is 5.65. The van der Waals surface area contributed by atoms with Crippen LogP contribution in [0.15, 0.2) is 29.4 Å².